The third kappa shape index (κ3) is 3.71. The number of carbonyl (C=O) groups is 1. The topological polar surface area (TPSA) is 38.7 Å². The van der Waals surface area contributed by atoms with Crippen molar-refractivity contribution in [3.63, 3.8) is 0 Å². The van der Waals surface area contributed by atoms with Gasteiger partial charge in [-0.15, -0.1) is 0 Å². The van der Waals surface area contributed by atoms with Crippen molar-refractivity contribution in [3.8, 4) is 0 Å². The van der Waals surface area contributed by atoms with Crippen LogP contribution in [0.1, 0.15) is 12.5 Å². The van der Waals surface area contributed by atoms with Crippen LogP contribution in [-0.2, 0) is 9.63 Å². The molecule has 0 amide bonds. The average Bonchev–Trinajstić information content (AvgIpc) is 2.08. The normalized spacial score (nSPS) is 10.3. The highest BCUT2D eigenvalue weighted by atomic mass is 35.5. The van der Waals surface area contributed by atoms with Crippen LogP contribution in [0.15, 0.2) is 29.4 Å². The zero-order valence-corrected chi connectivity index (χ0v) is 7.78. The third-order valence-corrected chi connectivity index (χ3v) is 1.51. The molecule has 0 aliphatic heterocycles. The number of nitrogens with zero attached hydrogens (tertiary/aromatic N) is 1. The molecular weight excluding hydrogens is 190 g/mol. The van der Waals surface area contributed by atoms with Gasteiger partial charge in [0.15, 0.2) is 0 Å². The van der Waals surface area contributed by atoms with Crippen molar-refractivity contribution in [1.82, 2.24) is 0 Å². The summed E-state index contributed by atoms with van der Waals surface area (Å²) < 4.78 is 0. The molecule has 68 valence electrons. The van der Waals surface area contributed by atoms with E-state index in [9.17, 15) is 4.79 Å². The SMILES string of the molecule is CC(=O)O/N=C\c1ccc(Cl)cc1. The van der Waals surface area contributed by atoms with Crippen LogP contribution in [-0.4, -0.2) is 12.2 Å². The Kier molecular flexibility index (Phi) is 3.46. The van der Waals surface area contributed by atoms with Crippen molar-refractivity contribution < 1.29 is 9.63 Å². The van der Waals surface area contributed by atoms with Gasteiger partial charge in [0.05, 0.1) is 6.21 Å². The summed E-state index contributed by atoms with van der Waals surface area (Å²) in [5, 5.41) is 4.11. The van der Waals surface area contributed by atoms with Crippen molar-refractivity contribution in [1.29, 1.82) is 0 Å². The molecule has 0 unspecified atom stereocenters. The molecule has 0 spiro atoms. The average molecular weight is 198 g/mol. The Balaban J connectivity index is 2.59. The molecule has 3 nitrogen and oxygen atoms in total. The summed E-state index contributed by atoms with van der Waals surface area (Å²) in [6.07, 6.45) is 1.44. The zero-order valence-electron chi connectivity index (χ0n) is 7.03. The molecule has 0 bridgehead atoms. The molecule has 0 aromatic heterocycles. The number of halogens is 1. The Morgan fingerprint density at radius 3 is 2.62 bits per heavy atom. The summed E-state index contributed by atoms with van der Waals surface area (Å²) >= 11 is 5.67. The number of carbonyl (C=O) groups excluding carboxylic acids is 1. The number of hydrogen-bond donors (Lipinski definition) is 0. The van der Waals surface area contributed by atoms with Crippen LogP contribution in [0, 0.1) is 0 Å². The molecule has 0 N–H and O–H groups in total. The Morgan fingerprint density at radius 2 is 2.08 bits per heavy atom. The summed E-state index contributed by atoms with van der Waals surface area (Å²) in [4.78, 5) is 14.7. The molecule has 1 aromatic carbocycles. The van der Waals surface area contributed by atoms with E-state index in [2.05, 4.69) is 9.99 Å². The molecule has 1 rings (SSSR count). The lowest BCUT2D eigenvalue weighted by Gasteiger charge is -1.92. The quantitative estimate of drug-likeness (QED) is 0.414. The van der Waals surface area contributed by atoms with Crippen molar-refractivity contribution in [2.24, 2.45) is 5.16 Å². The first-order valence-corrected chi connectivity index (χ1v) is 4.03. The van der Waals surface area contributed by atoms with Gasteiger partial charge in [-0.3, -0.25) is 0 Å². The molecule has 13 heavy (non-hydrogen) atoms. The highest BCUT2D eigenvalue weighted by Crippen LogP contribution is 2.07. The van der Waals surface area contributed by atoms with Gasteiger partial charge in [-0.25, -0.2) is 4.79 Å². The second kappa shape index (κ2) is 4.62. The Hall–Kier alpha value is -1.35. The monoisotopic (exact) mass is 197 g/mol. The Bertz CT molecular complexity index is 319. The summed E-state index contributed by atoms with van der Waals surface area (Å²) in [5.41, 5.74) is 0.825. The number of hydrogen-bond acceptors (Lipinski definition) is 3. The van der Waals surface area contributed by atoms with E-state index < -0.39 is 5.97 Å². The van der Waals surface area contributed by atoms with E-state index in [0.717, 1.165) is 5.56 Å². The van der Waals surface area contributed by atoms with Crippen LogP contribution < -0.4 is 0 Å². The predicted octanol–water partition coefficient (Wildman–Crippen LogP) is 2.24. The van der Waals surface area contributed by atoms with E-state index in [-0.39, 0.29) is 0 Å². The molecule has 0 heterocycles. The lowest BCUT2D eigenvalue weighted by atomic mass is 10.2. The fraction of sp³-hybridized carbons (Fsp3) is 0.111. The van der Waals surface area contributed by atoms with E-state index >= 15 is 0 Å². The van der Waals surface area contributed by atoms with Gasteiger partial charge in [0.2, 0.25) is 0 Å². The van der Waals surface area contributed by atoms with Gasteiger partial charge in [-0.05, 0) is 17.7 Å². The van der Waals surface area contributed by atoms with E-state index in [1.54, 1.807) is 24.3 Å². The molecule has 4 heteroatoms. The standard InChI is InChI=1S/C9H8ClNO2/c1-7(12)13-11-6-8-2-4-9(10)5-3-8/h2-6H,1H3/b11-6-. The van der Waals surface area contributed by atoms with Gasteiger partial charge in [0, 0.05) is 11.9 Å². The lowest BCUT2D eigenvalue weighted by molar-refractivity contribution is -0.140. The van der Waals surface area contributed by atoms with Gasteiger partial charge in [-0.2, -0.15) is 0 Å². The van der Waals surface area contributed by atoms with Gasteiger partial charge >= 0.3 is 5.97 Å². The Labute approximate surface area is 81.0 Å². The number of oxime groups is 1. The lowest BCUT2D eigenvalue weighted by Crippen LogP contribution is -1.91. The second-order valence-electron chi connectivity index (χ2n) is 2.37. The number of rotatable bonds is 2. The molecule has 0 atom stereocenters. The van der Waals surface area contributed by atoms with E-state index in [4.69, 9.17) is 11.6 Å². The first-order chi connectivity index (χ1) is 6.18. The van der Waals surface area contributed by atoms with E-state index in [1.165, 1.54) is 13.1 Å². The molecule has 0 radical (unpaired) electrons. The minimum atomic E-state index is -0.440. The first kappa shape index (κ1) is 9.74. The molecule has 0 aliphatic carbocycles. The smallest absolute Gasteiger partial charge is 0.319 e. The third-order valence-electron chi connectivity index (χ3n) is 1.25. The fourth-order valence-corrected chi connectivity index (χ4v) is 0.836. The summed E-state index contributed by atoms with van der Waals surface area (Å²) in [6.45, 7) is 1.29. The van der Waals surface area contributed by atoms with Crippen LogP contribution in [0.5, 0.6) is 0 Å². The first-order valence-electron chi connectivity index (χ1n) is 3.65. The fourth-order valence-electron chi connectivity index (χ4n) is 0.710. The van der Waals surface area contributed by atoms with Crippen LogP contribution in [0.3, 0.4) is 0 Å². The highest BCUT2D eigenvalue weighted by molar-refractivity contribution is 6.30. The van der Waals surface area contributed by atoms with Gasteiger partial charge in [0.1, 0.15) is 0 Å². The predicted molar refractivity (Wildman–Crippen MR) is 50.8 cm³/mol. The maximum Gasteiger partial charge on any atom is 0.331 e. The number of benzene rings is 1. The molecular formula is C9H8ClNO2. The summed E-state index contributed by atoms with van der Waals surface area (Å²) in [6, 6.07) is 7.01. The van der Waals surface area contributed by atoms with E-state index in [0.29, 0.717) is 5.02 Å². The van der Waals surface area contributed by atoms with Gasteiger partial charge in [0.25, 0.3) is 0 Å². The maximum atomic E-state index is 10.3. The van der Waals surface area contributed by atoms with Gasteiger partial charge in [-0.1, -0.05) is 28.9 Å². The van der Waals surface area contributed by atoms with Crippen LogP contribution in [0.2, 0.25) is 5.02 Å². The molecule has 0 aliphatic rings. The van der Waals surface area contributed by atoms with Crippen LogP contribution >= 0.6 is 11.6 Å². The molecule has 0 saturated carbocycles. The molecule has 0 fully saturated rings. The van der Waals surface area contributed by atoms with Crippen LogP contribution in [0.4, 0.5) is 0 Å². The molecule has 1 aromatic rings. The minimum Gasteiger partial charge on any atom is -0.319 e. The van der Waals surface area contributed by atoms with Crippen molar-refractivity contribution in [2.45, 2.75) is 6.92 Å². The van der Waals surface area contributed by atoms with Crippen LogP contribution in [0.25, 0.3) is 0 Å². The van der Waals surface area contributed by atoms with E-state index in [1.807, 2.05) is 0 Å². The van der Waals surface area contributed by atoms with Crippen molar-refractivity contribution in [2.75, 3.05) is 0 Å². The van der Waals surface area contributed by atoms with Crippen molar-refractivity contribution >= 4 is 23.8 Å². The molecule has 0 saturated heterocycles. The van der Waals surface area contributed by atoms with Crippen molar-refractivity contribution in [3.05, 3.63) is 34.9 Å². The Morgan fingerprint density at radius 1 is 1.46 bits per heavy atom. The largest absolute Gasteiger partial charge is 0.331 e. The summed E-state index contributed by atoms with van der Waals surface area (Å²) in [7, 11) is 0. The second-order valence-corrected chi connectivity index (χ2v) is 2.81. The summed E-state index contributed by atoms with van der Waals surface area (Å²) in [5.74, 6) is -0.440. The minimum absolute atomic E-state index is 0.440. The maximum absolute atomic E-state index is 10.3. The highest BCUT2D eigenvalue weighted by Gasteiger charge is 1.90. The van der Waals surface area contributed by atoms with Gasteiger partial charge < -0.3 is 4.84 Å². The zero-order chi connectivity index (χ0) is 9.68.